The lowest BCUT2D eigenvalue weighted by molar-refractivity contribution is -0.118. The van der Waals surface area contributed by atoms with Gasteiger partial charge < -0.3 is 0 Å². The number of carbonyl (C=O) groups excluding carboxylic acids is 1. The fraction of sp³-hybridized carbons (Fsp3) is 0.353. The molecule has 1 N–H and O–H groups in total. The van der Waals surface area contributed by atoms with E-state index in [0.29, 0.717) is 21.7 Å². The second-order valence-corrected chi connectivity index (χ2v) is 7.74. The normalized spacial score (nSPS) is 11.4. The summed E-state index contributed by atoms with van der Waals surface area (Å²) in [6.07, 6.45) is 1.53. The number of aryl methyl sites for hydroxylation is 1. The number of nitrogens with zero attached hydrogens (tertiary/aromatic N) is 3. The first-order valence-electron chi connectivity index (χ1n) is 7.80. The number of carbonyl (C=O) groups is 1. The minimum atomic E-state index is -0.195. The SMILES string of the molecule is Cc1nn(CC(C)C)c(Cl)c1/C=N\NC(=O)CSc1ccc(Cl)cc1. The van der Waals surface area contributed by atoms with Crippen LogP contribution in [0.15, 0.2) is 34.3 Å². The minimum Gasteiger partial charge on any atom is -0.272 e. The lowest BCUT2D eigenvalue weighted by Gasteiger charge is -2.05. The Morgan fingerprint density at radius 1 is 1.36 bits per heavy atom. The monoisotopic (exact) mass is 398 g/mol. The molecule has 134 valence electrons. The van der Waals surface area contributed by atoms with E-state index in [9.17, 15) is 4.79 Å². The third kappa shape index (κ3) is 6.06. The molecule has 0 bridgehead atoms. The zero-order chi connectivity index (χ0) is 18.4. The largest absolute Gasteiger partial charge is 0.272 e. The van der Waals surface area contributed by atoms with E-state index < -0.39 is 0 Å². The molecule has 1 aromatic heterocycles. The number of aromatic nitrogens is 2. The average molecular weight is 399 g/mol. The number of hydrogen-bond acceptors (Lipinski definition) is 4. The van der Waals surface area contributed by atoms with Crippen molar-refractivity contribution in [2.45, 2.75) is 32.2 Å². The third-order valence-corrected chi connectivity index (χ3v) is 4.88. The van der Waals surface area contributed by atoms with Gasteiger partial charge in [0.1, 0.15) is 5.15 Å². The first-order chi connectivity index (χ1) is 11.9. The van der Waals surface area contributed by atoms with Gasteiger partial charge in [0, 0.05) is 16.5 Å². The first kappa shape index (κ1) is 19.8. The maximum atomic E-state index is 11.9. The van der Waals surface area contributed by atoms with Gasteiger partial charge in [-0.3, -0.25) is 9.48 Å². The highest BCUT2D eigenvalue weighted by atomic mass is 35.5. The maximum Gasteiger partial charge on any atom is 0.250 e. The van der Waals surface area contributed by atoms with E-state index in [-0.39, 0.29) is 11.7 Å². The summed E-state index contributed by atoms with van der Waals surface area (Å²) in [7, 11) is 0. The molecule has 25 heavy (non-hydrogen) atoms. The molecule has 1 aromatic carbocycles. The summed E-state index contributed by atoms with van der Waals surface area (Å²) in [5.74, 6) is 0.504. The summed E-state index contributed by atoms with van der Waals surface area (Å²) in [6, 6.07) is 7.32. The molecule has 1 heterocycles. The molecule has 2 rings (SSSR count). The Bertz CT molecular complexity index is 757. The van der Waals surface area contributed by atoms with Crippen molar-refractivity contribution in [3.8, 4) is 0 Å². The molecule has 0 radical (unpaired) electrons. The quantitative estimate of drug-likeness (QED) is 0.427. The lowest BCUT2D eigenvalue weighted by Crippen LogP contribution is -2.19. The zero-order valence-corrected chi connectivity index (χ0v) is 16.6. The van der Waals surface area contributed by atoms with Gasteiger partial charge in [-0.15, -0.1) is 11.8 Å². The van der Waals surface area contributed by atoms with Crippen molar-refractivity contribution >= 4 is 47.1 Å². The summed E-state index contributed by atoms with van der Waals surface area (Å²) in [5, 5.41) is 9.58. The summed E-state index contributed by atoms with van der Waals surface area (Å²) < 4.78 is 1.75. The van der Waals surface area contributed by atoms with Crippen LogP contribution < -0.4 is 5.43 Å². The van der Waals surface area contributed by atoms with Crippen LogP contribution in [0.4, 0.5) is 0 Å². The van der Waals surface area contributed by atoms with E-state index in [1.165, 1.54) is 18.0 Å². The number of halogens is 2. The Balaban J connectivity index is 1.88. The topological polar surface area (TPSA) is 59.3 Å². The predicted molar refractivity (Wildman–Crippen MR) is 105 cm³/mol. The second-order valence-electron chi connectivity index (χ2n) is 5.90. The molecule has 0 aliphatic carbocycles. The van der Waals surface area contributed by atoms with Crippen LogP contribution in [0.5, 0.6) is 0 Å². The molecule has 0 aliphatic rings. The van der Waals surface area contributed by atoms with E-state index in [1.807, 2.05) is 19.1 Å². The van der Waals surface area contributed by atoms with E-state index >= 15 is 0 Å². The van der Waals surface area contributed by atoms with Crippen molar-refractivity contribution in [2.75, 3.05) is 5.75 Å². The summed E-state index contributed by atoms with van der Waals surface area (Å²) in [6.45, 7) is 6.79. The van der Waals surface area contributed by atoms with Gasteiger partial charge in [0.2, 0.25) is 5.91 Å². The fourth-order valence-electron chi connectivity index (χ4n) is 2.06. The number of hydrogen-bond donors (Lipinski definition) is 1. The summed E-state index contributed by atoms with van der Waals surface area (Å²) >= 11 is 13.6. The first-order valence-corrected chi connectivity index (χ1v) is 9.54. The lowest BCUT2D eigenvalue weighted by atomic mass is 10.2. The Labute approximate surface area is 161 Å². The van der Waals surface area contributed by atoms with Crippen molar-refractivity contribution in [1.82, 2.24) is 15.2 Å². The highest BCUT2D eigenvalue weighted by Crippen LogP contribution is 2.20. The van der Waals surface area contributed by atoms with Crippen molar-refractivity contribution in [2.24, 2.45) is 11.0 Å². The number of nitrogens with one attached hydrogen (secondary N) is 1. The standard InChI is InChI=1S/C17H20Cl2N4OS/c1-11(2)9-23-17(19)15(12(3)22-23)8-20-21-16(24)10-25-14-6-4-13(18)5-7-14/h4-8,11H,9-10H2,1-3H3,(H,21,24)/b20-8-. The zero-order valence-electron chi connectivity index (χ0n) is 14.3. The third-order valence-electron chi connectivity index (χ3n) is 3.21. The van der Waals surface area contributed by atoms with E-state index in [4.69, 9.17) is 23.2 Å². The van der Waals surface area contributed by atoms with E-state index in [1.54, 1.807) is 16.8 Å². The van der Waals surface area contributed by atoms with Crippen molar-refractivity contribution in [1.29, 1.82) is 0 Å². The van der Waals surface area contributed by atoms with Crippen LogP contribution in [0.1, 0.15) is 25.1 Å². The number of benzene rings is 1. The summed E-state index contributed by atoms with van der Waals surface area (Å²) in [4.78, 5) is 12.8. The second kappa shape index (κ2) is 9.27. The smallest absolute Gasteiger partial charge is 0.250 e. The van der Waals surface area contributed by atoms with E-state index in [0.717, 1.165) is 17.1 Å². The number of thioether (sulfide) groups is 1. The van der Waals surface area contributed by atoms with E-state index in [2.05, 4.69) is 29.5 Å². The Morgan fingerprint density at radius 3 is 2.68 bits per heavy atom. The van der Waals surface area contributed by atoms with Gasteiger partial charge >= 0.3 is 0 Å². The van der Waals surface area contributed by atoms with Crippen molar-refractivity contribution in [3.63, 3.8) is 0 Å². The maximum absolute atomic E-state index is 11.9. The highest BCUT2D eigenvalue weighted by molar-refractivity contribution is 8.00. The van der Waals surface area contributed by atoms with Gasteiger partial charge in [-0.2, -0.15) is 10.2 Å². The van der Waals surface area contributed by atoms with Crippen LogP contribution in [0.2, 0.25) is 10.2 Å². The molecule has 0 atom stereocenters. The average Bonchev–Trinajstić information content (AvgIpc) is 2.81. The molecule has 0 saturated heterocycles. The molecule has 0 fully saturated rings. The van der Waals surface area contributed by atoms with Gasteiger partial charge in [0.15, 0.2) is 0 Å². The van der Waals surface area contributed by atoms with Crippen molar-refractivity contribution < 1.29 is 4.79 Å². The molecule has 0 unspecified atom stereocenters. The molecule has 1 amide bonds. The number of rotatable bonds is 7. The minimum absolute atomic E-state index is 0.195. The van der Waals surface area contributed by atoms with Gasteiger partial charge in [-0.25, -0.2) is 5.43 Å². The van der Waals surface area contributed by atoms with Crippen LogP contribution in [0.3, 0.4) is 0 Å². The van der Waals surface area contributed by atoms with Crippen LogP contribution in [-0.2, 0) is 11.3 Å². The van der Waals surface area contributed by atoms with Gasteiger partial charge in [-0.05, 0) is 37.1 Å². The van der Waals surface area contributed by atoms with Crippen LogP contribution >= 0.6 is 35.0 Å². The molecular weight excluding hydrogens is 379 g/mol. The van der Waals surface area contributed by atoms with Crippen LogP contribution in [0.25, 0.3) is 0 Å². The Morgan fingerprint density at radius 2 is 2.04 bits per heavy atom. The predicted octanol–water partition coefficient (Wildman–Crippen LogP) is 4.40. The van der Waals surface area contributed by atoms with Crippen molar-refractivity contribution in [3.05, 3.63) is 45.7 Å². The van der Waals surface area contributed by atoms with Gasteiger partial charge in [0.05, 0.1) is 23.2 Å². The number of amides is 1. The van der Waals surface area contributed by atoms with Gasteiger partial charge in [0.25, 0.3) is 0 Å². The summed E-state index contributed by atoms with van der Waals surface area (Å²) in [5.41, 5.74) is 4.00. The molecule has 2 aromatic rings. The van der Waals surface area contributed by atoms with Crippen LogP contribution in [0, 0.1) is 12.8 Å². The molecule has 0 spiro atoms. The Hall–Kier alpha value is -1.50. The molecular formula is C17H20Cl2N4OS. The molecule has 0 saturated carbocycles. The Kier molecular flexibility index (Phi) is 7.35. The molecule has 5 nitrogen and oxygen atoms in total. The van der Waals surface area contributed by atoms with Crippen LogP contribution in [-0.4, -0.2) is 27.7 Å². The molecule has 8 heteroatoms. The molecule has 0 aliphatic heterocycles. The highest BCUT2D eigenvalue weighted by Gasteiger charge is 2.12. The fourth-order valence-corrected chi connectivity index (χ4v) is 3.17. The van der Waals surface area contributed by atoms with Gasteiger partial charge in [-0.1, -0.05) is 37.0 Å². The number of hydrazone groups is 1.